The summed E-state index contributed by atoms with van der Waals surface area (Å²) in [7, 11) is 0. The van der Waals surface area contributed by atoms with Gasteiger partial charge in [0.15, 0.2) is 0 Å². The first-order chi connectivity index (χ1) is 17.7. The number of hydrogen-bond acceptors (Lipinski definition) is 9. The summed E-state index contributed by atoms with van der Waals surface area (Å²) in [6.45, 7) is 6.16. The van der Waals surface area contributed by atoms with Gasteiger partial charge in [0.1, 0.15) is 5.72 Å². The molecule has 3 saturated heterocycles. The van der Waals surface area contributed by atoms with Crippen LogP contribution in [0.25, 0.3) is 0 Å². The van der Waals surface area contributed by atoms with E-state index < -0.39 is 17.8 Å². The first-order valence-corrected chi connectivity index (χ1v) is 13.8. The molecule has 0 aromatic heterocycles. The molecule has 5 aliphatic rings. The van der Waals surface area contributed by atoms with Crippen LogP contribution in [0, 0.1) is 17.8 Å². The van der Waals surface area contributed by atoms with E-state index in [2.05, 4.69) is 19.6 Å². The number of ether oxygens (including phenoxy) is 4. The van der Waals surface area contributed by atoms with Crippen LogP contribution in [0.15, 0.2) is 5.10 Å². The third-order valence-corrected chi connectivity index (χ3v) is 9.31. The lowest BCUT2D eigenvalue weighted by atomic mass is 9.80. The van der Waals surface area contributed by atoms with Crippen LogP contribution >= 0.6 is 11.6 Å². The Morgan fingerprint density at radius 2 is 1.81 bits per heavy atom. The van der Waals surface area contributed by atoms with Crippen molar-refractivity contribution in [1.82, 2.24) is 9.80 Å². The Balaban J connectivity index is 0.972. The number of fused-ring (bicyclic) bond motifs is 1. The van der Waals surface area contributed by atoms with Crippen molar-refractivity contribution in [3.8, 4) is 0 Å². The van der Waals surface area contributed by atoms with Gasteiger partial charge in [-0.15, -0.1) is 24.8 Å². The van der Waals surface area contributed by atoms with Crippen LogP contribution < -0.4 is 11.6 Å². The second kappa shape index (κ2) is 11.4. The number of epoxide rings is 1. The lowest BCUT2D eigenvalue weighted by Gasteiger charge is -2.37. The maximum absolute atomic E-state index is 12.4. The molecule has 5 fully saturated rings. The Kier molecular flexibility index (Phi) is 8.57. The van der Waals surface area contributed by atoms with Gasteiger partial charge in [0.25, 0.3) is 0 Å². The van der Waals surface area contributed by atoms with E-state index in [4.69, 9.17) is 37.4 Å². The zero-order valence-electron chi connectivity index (χ0n) is 21.1. The van der Waals surface area contributed by atoms with Crippen LogP contribution in [0.1, 0.15) is 38.5 Å². The summed E-state index contributed by atoms with van der Waals surface area (Å²) in [4.78, 5) is 4.89. The molecule has 3 heterocycles. The van der Waals surface area contributed by atoms with Crippen molar-refractivity contribution in [1.29, 1.82) is 0 Å². The Bertz CT molecular complexity index is 806. The first-order valence-electron chi connectivity index (χ1n) is 13.4. The van der Waals surface area contributed by atoms with Crippen LogP contribution in [0.2, 0.25) is 0 Å². The molecule has 0 bridgehead atoms. The zero-order valence-corrected chi connectivity index (χ0v) is 21.8. The monoisotopic (exact) mass is 553 g/mol. The molecule has 3 aliphatic heterocycles. The maximum Gasteiger partial charge on any atom is 0.522 e. The Morgan fingerprint density at radius 1 is 1.08 bits per heavy atom. The van der Waals surface area contributed by atoms with Gasteiger partial charge in [-0.05, 0) is 50.4 Å². The molecule has 2 aliphatic carbocycles. The standard InChI is InChI=1S/C24H39ClF3N5O4/c25-19-8-18(37-24(26,27)28)2-4-22(19)35-6-5-34-14-32-9-15-11-33(12-16(15)10-32)23(13-36-23)17-1-3-20(29)21(7-17)31-30/h15-20,22H,1-14,29-30H2/b31-21+. The topological polar surface area (TPSA) is 111 Å². The van der Waals surface area contributed by atoms with Crippen molar-refractivity contribution in [3.05, 3.63) is 0 Å². The highest BCUT2D eigenvalue weighted by atomic mass is 35.5. The molecule has 212 valence electrons. The van der Waals surface area contributed by atoms with Gasteiger partial charge in [-0.2, -0.15) is 5.10 Å². The van der Waals surface area contributed by atoms with Gasteiger partial charge in [0.2, 0.25) is 0 Å². The second-order valence-corrected chi connectivity index (χ2v) is 11.8. The van der Waals surface area contributed by atoms with Crippen LogP contribution in [0.5, 0.6) is 0 Å². The van der Waals surface area contributed by atoms with Crippen LogP contribution in [0.3, 0.4) is 0 Å². The molecule has 4 N–H and O–H groups in total. The molecule has 8 unspecified atom stereocenters. The van der Waals surface area contributed by atoms with E-state index in [9.17, 15) is 13.2 Å². The highest BCUT2D eigenvalue weighted by Gasteiger charge is 2.60. The second-order valence-electron chi connectivity index (χ2n) is 11.3. The van der Waals surface area contributed by atoms with Crippen molar-refractivity contribution in [2.45, 2.75) is 74.2 Å². The largest absolute Gasteiger partial charge is 0.522 e. The fraction of sp³-hybridized carbons (Fsp3) is 0.958. The van der Waals surface area contributed by atoms with Crippen molar-refractivity contribution in [2.24, 2.45) is 34.4 Å². The predicted molar refractivity (Wildman–Crippen MR) is 131 cm³/mol. The highest BCUT2D eigenvalue weighted by Crippen LogP contribution is 2.48. The summed E-state index contributed by atoms with van der Waals surface area (Å²) in [5.41, 5.74) is 6.89. The Morgan fingerprint density at radius 3 is 2.43 bits per heavy atom. The molecule has 5 rings (SSSR count). The van der Waals surface area contributed by atoms with E-state index in [1.165, 1.54) is 0 Å². The number of likely N-dealkylation sites (tertiary alicyclic amines) is 2. The zero-order chi connectivity index (χ0) is 26.2. The predicted octanol–water partition coefficient (Wildman–Crippen LogP) is 2.07. The van der Waals surface area contributed by atoms with Gasteiger partial charge in [-0.25, -0.2) is 0 Å². The summed E-state index contributed by atoms with van der Waals surface area (Å²) in [6.07, 6.45) is -2.19. The van der Waals surface area contributed by atoms with Crippen molar-refractivity contribution in [3.63, 3.8) is 0 Å². The van der Waals surface area contributed by atoms with Crippen LogP contribution in [0.4, 0.5) is 13.2 Å². The minimum atomic E-state index is -4.63. The van der Waals surface area contributed by atoms with Gasteiger partial charge >= 0.3 is 6.36 Å². The van der Waals surface area contributed by atoms with Crippen LogP contribution in [-0.2, 0) is 18.9 Å². The van der Waals surface area contributed by atoms with Gasteiger partial charge in [-0.1, -0.05) is 0 Å². The smallest absolute Gasteiger partial charge is 0.374 e. The summed E-state index contributed by atoms with van der Waals surface area (Å²) in [5.74, 6) is 7.16. The molecule has 0 aromatic rings. The molecule has 9 nitrogen and oxygen atoms in total. The minimum absolute atomic E-state index is 0.0294. The average molecular weight is 554 g/mol. The highest BCUT2D eigenvalue weighted by molar-refractivity contribution is 6.21. The number of hydrazone groups is 1. The van der Waals surface area contributed by atoms with E-state index in [0.29, 0.717) is 44.1 Å². The summed E-state index contributed by atoms with van der Waals surface area (Å²) >= 11 is 6.24. The van der Waals surface area contributed by atoms with Crippen molar-refractivity contribution >= 4 is 17.3 Å². The third-order valence-electron chi connectivity index (χ3n) is 8.85. The lowest BCUT2D eigenvalue weighted by Crippen LogP contribution is -2.49. The number of hydrogen-bond donors (Lipinski definition) is 2. The molecule has 0 amide bonds. The van der Waals surface area contributed by atoms with Gasteiger partial charge in [0.05, 0.1) is 49.8 Å². The van der Waals surface area contributed by atoms with Crippen molar-refractivity contribution in [2.75, 3.05) is 52.7 Å². The quantitative estimate of drug-likeness (QED) is 0.147. The normalized spacial score (nSPS) is 42.4. The first kappa shape index (κ1) is 27.8. The minimum Gasteiger partial charge on any atom is -0.374 e. The van der Waals surface area contributed by atoms with Gasteiger partial charge < -0.3 is 25.8 Å². The van der Waals surface area contributed by atoms with E-state index in [-0.39, 0.29) is 30.7 Å². The molecule has 8 atom stereocenters. The number of nitrogens with two attached hydrogens (primary N) is 2. The van der Waals surface area contributed by atoms with E-state index in [1.807, 2.05) is 0 Å². The molecule has 2 saturated carbocycles. The van der Waals surface area contributed by atoms with Crippen molar-refractivity contribution < 1.29 is 32.1 Å². The third kappa shape index (κ3) is 6.54. The average Bonchev–Trinajstić information content (AvgIpc) is 3.41. The fourth-order valence-corrected chi connectivity index (χ4v) is 7.23. The lowest BCUT2D eigenvalue weighted by molar-refractivity contribution is -0.346. The van der Waals surface area contributed by atoms with Gasteiger partial charge in [-0.3, -0.25) is 14.5 Å². The van der Waals surface area contributed by atoms with E-state index in [1.54, 1.807) is 0 Å². The number of rotatable bonds is 9. The van der Waals surface area contributed by atoms with E-state index in [0.717, 1.165) is 57.8 Å². The molecule has 0 radical (unpaired) electrons. The SMILES string of the molecule is N/N=C1\CC(C2(N3CC4CN(COCCOC5CCC(OC(F)(F)F)CC5Cl)CC4C3)CO2)CCC1N. The van der Waals surface area contributed by atoms with Crippen LogP contribution in [-0.4, -0.2) is 104 Å². The Labute approximate surface area is 220 Å². The summed E-state index contributed by atoms with van der Waals surface area (Å²) in [5, 5.41) is 3.44. The van der Waals surface area contributed by atoms with E-state index >= 15 is 0 Å². The molecule has 0 aromatic carbocycles. The molecular formula is C24H39ClF3N5O4. The number of nitrogens with zero attached hydrogens (tertiary/aromatic N) is 3. The van der Waals surface area contributed by atoms with Gasteiger partial charge in [0, 0.05) is 38.1 Å². The summed E-state index contributed by atoms with van der Waals surface area (Å²) in [6, 6.07) is -0.0294. The summed E-state index contributed by atoms with van der Waals surface area (Å²) < 4.78 is 59.0. The Hall–Kier alpha value is -0.730. The number of alkyl halides is 4. The molecule has 37 heavy (non-hydrogen) atoms. The molecular weight excluding hydrogens is 515 g/mol. The number of halogens is 4. The molecule has 13 heteroatoms. The fourth-order valence-electron chi connectivity index (χ4n) is 6.83. The molecule has 0 spiro atoms. The maximum atomic E-state index is 12.4.